The topological polar surface area (TPSA) is 23.5 Å². The Morgan fingerprint density at radius 1 is 1.28 bits per heavy atom. The average Bonchev–Trinajstić information content (AvgIpc) is 2.42. The Kier molecular flexibility index (Phi) is 5.21. The molecule has 100 valence electrons. The maximum absolute atomic E-state index is 9.22. The molecule has 0 saturated carbocycles. The molecule has 18 heavy (non-hydrogen) atoms. The Balaban J connectivity index is 1.95. The zero-order valence-electron chi connectivity index (χ0n) is 11.4. The minimum atomic E-state index is 0.315. The monoisotopic (exact) mass is 247 g/mol. The zero-order valence-corrected chi connectivity index (χ0v) is 11.4. The summed E-state index contributed by atoms with van der Waals surface area (Å²) in [7, 11) is 0. The second kappa shape index (κ2) is 6.91. The van der Waals surface area contributed by atoms with E-state index in [1.54, 1.807) is 0 Å². The SMILES string of the molecule is CC(CO)CC1CCCCN1Cc1ccccc1. The average molecular weight is 247 g/mol. The second-order valence-electron chi connectivity index (χ2n) is 5.63. The molecule has 0 amide bonds. The molecule has 0 aromatic heterocycles. The van der Waals surface area contributed by atoms with Crippen LogP contribution in [0.4, 0.5) is 0 Å². The summed E-state index contributed by atoms with van der Waals surface area (Å²) in [4.78, 5) is 2.60. The van der Waals surface area contributed by atoms with Crippen molar-refractivity contribution in [1.29, 1.82) is 0 Å². The van der Waals surface area contributed by atoms with E-state index in [0.29, 0.717) is 18.6 Å². The van der Waals surface area contributed by atoms with E-state index in [1.807, 2.05) is 0 Å². The van der Waals surface area contributed by atoms with Gasteiger partial charge in [0.2, 0.25) is 0 Å². The first-order valence-electron chi connectivity index (χ1n) is 7.18. The van der Waals surface area contributed by atoms with Crippen LogP contribution in [-0.4, -0.2) is 29.2 Å². The molecule has 2 rings (SSSR count). The van der Waals surface area contributed by atoms with E-state index in [1.165, 1.54) is 31.4 Å². The smallest absolute Gasteiger partial charge is 0.0457 e. The van der Waals surface area contributed by atoms with Crippen molar-refractivity contribution < 1.29 is 5.11 Å². The lowest BCUT2D eigenvalue weighted by Crippen LogP contribution is -2.40. The highest BCUT2D eigenvalue weighted by Gasteiger charge is 2.23. The van der Waals surface area contributed by atoms with Crippen LogP contribution in [0.3, 0.4) is 0 Å². The van der Waals surface area contributed by atoms with Crippen LogP contribution in [0.15, 0.2) is 30.3 Å². The normalized spacial score (nSPS) is 22.9. The number of nitrogens with zero attached hydrogens (tertiary/aromatic N) is 1. The molecule has 1 heterocycles. The predicted octanol–water partition coefficient (Wildman–Crippen LogP) is 3.06. The maximum atomic E-state index is 9.22. The van der Waals surface area contributed by atoms with Crippen molar-refractivity contribution in [2.45, 2.75) is 45.2 Å². The maximum Gasteiger partial charge on any atom is 0.0457 e. The van der Waals surface area contributed by atoms with Crippen LogP contribution >= 0.6 is 0 Å². The number of aliphatic hydroxyl groups is 1. The third-order valence-electron chi connectivity index (χ3n) is 3.96. The van der Waals surface area contributed by atoms with Gasteiger partial charge in [-0.3, -0.25) is 4.90 Å². The highest BCUT2D eigenvalue weighted by atomic mass is 16.3. The molecule has 2 atom stereocenters. The van der Waals surface area contributed by atoms with Crippen molar-refractivity contribution >= 4 is 0 Å². The summed E-state index contributed by atoms with van der Waals surface area (Å²) in [6.07, 6.45) is 5.07. The number of benzene rings is 1. The first-order valence-corrected chi connectivity index (χ1v) is 7.18. The number of hydrogen-bond donors (Lipinski definition) is 1. The largest absolute Gasteiger partial charge is 0.396 e. The lowest BCUT2D eigenvalue weighted by molar-refractivity contribution is 0.105. The Bertz CT molecular complexity index is 338. The van der Waals surface area contributed by atoms with Crippen LogP contribution in [0.25, 0.3) is 0 Å². The summed E-state index contributed by atoms with van der Waals surface area (Å²) < 4.78 is 0. The van der Waals surface area contributed by atoms with E-state index in [-0.39, 0.29) is 0 Å². The van der Waals surface area contributed by atoms with Gasteiger partial charge in [0.25, 0.3) is 0 Å². The van der Waals surface area contributed by atoms with Crippen molar-refractivity contribution in [3.63, 3.8) is 0 Å². The molecular weight excluding hydrogens is 222 g/mol. The minimum absolute atomic E-state index is 0.315. The number of hydrogen-bond acceptors (Lipinski definition) is 2. The van der Waals surface area contributed by atoms with Crippen molar-refractivity contribution in [3.05, 3.63) is 35.9 Å². The van der Waals surface area contributed by atoms with Crippen molar-refractivity contribution in [2.75, 3.05) is 13.2 Å². The van der Waals surface area contributed by atoms with Crippen LogP contribution in [-0.2, 0) is 6.54 Å². The Hall–Kier alpha value is -0.860. The van der Waals surface area contributed by atoms with Crippen molar-refractivity contribution in [1.82, 2.24) is 4.90 Å². The van der Waals surface area contributed by atoms with Gasteiger partial charge in [-0.15, -0.1) is 0 Å². The fourth-order valence-electron chi connectivity index (χ4n) is 2.89. The van der Waals surface area contributed by atoms with E-state index >= 15 is 0 Å². The highest BCUT2D eigenvalue weighted by molar-refractivity contribution is 5.14. The van der Waals surface area contributed by atoms with Gasteiger partial charge in [0, 0.05) is 19.2 Å². The summed E-state index contributed by atoms with van der Waals surface area (Å²) in [5, 5.41) is 9.22. The third kappa shape index (κ3) is 3.82. The molecule has 1 aliphatic rings. The highest BCUT2D eigenvalue weighted by Crippen LogP contribution is 2.24. The van der Waals surface area contributed by atoms with Gasteiger partial charge in [-0.25, -0.2) is 0 Å². The molecule has 2 unspecified atom stereocenters. The van der Waals surface area contributed by atoms with Gasteiger partial charge in [0.05, 0.1) is 0 Å². The molecule has 0 spiro atoms. The van der Waals surface area contributed by atoms with E-state index in [2.05, 4.69) is 42.2 Å². The quantitative estimate of drug-likeness (QED) is 0.864. The molecule has 2 nitrogen and oxygen atoms in total. The Morgan fingerprint density at radius 2 is 2.06 bits per heavy atom. The molecule has 1 aromatic rings. The van der Waals surface area contributed by atoms with E-state index in [4.69, 9.17) is 0 Å². The number of likely N-dealkylation sites (tertiary alicyclic amines) is 1. The molecule has 0 radical (unpaired) electrons. The number of piperidine rings is 1. The van der Waals surface area contributed by atoms with Gasteiger partial charge in [-0.05, 0) is 37.3 Å². The number of aliphatic hydroxyl groups excluding tert-OH is 1. The Labute approximate surface area is 111 Å². The lowest BCUT2D eigenvalue weighted by atomic mass is 9.93. The minimum Gasteiger partial charge on any atom is -0.396 e. The van der Waals surface area contributed by atoms with Gasteiger partial charge in [-0.2, -0.15) is 0 Å². The van der Waals surface area contributed by atoms with Gasteiger partial charge < -0.3 is 5.11 Å². The van der Waals surface area contributed by atoms with Crippen LogP contribution in [0.1, 0.15) is 38.2 Å². The summed E-state index contributed by atoms with van der Waals surface area (Å²) in [6, 6.07) is 11.4. The molecule has 1 N–H and O–H groups in total. The van der Waals surface area contributed by atoms with Crippen LogP contribution in [0, 0.1) is 5.92 Å². The summed E-state index contributed by atoms with van der Waals surface area (Å²) in [6.45, 7) is 4.73. The van der Waals surface area contributed by atoms with E-state index in [0.717, 1.165) is 13.0 Å². The first-order chi connectivity index (χ1) is 8.79. The molecule has 1 aromatic carbocycles. The molecule has 1 aliphatic heterocycles. The van der Waals surface area contributed by atoms with Gasteiger partial charge >= 0.3 is 0 Å². The fourth-order valence-corrected chi connectivity index (χ4v) is 2.89. The predicted molar refractivity (Wildman–Crippen MR) is 75.4 cm³/mol. The van der Waals surface area contributed by atoms with E-state index < -0.39 is 0 Å². The van der Waals surface area contributed by atoms with Crippen LogP contribution in [0.5, 0.6) is 0 Å². The van der Waals surface area contributed by atoms with Crippen molar-refractivity contribution in [2.24, 2.45) is 5.92 Å². The summed E-state index contributed by atoms with van der Waals surface area (Å²) in [5.41, 5.74) is 1.40. The Morgan fingerprint density at radius 3 is 2.78 bits per heavy atom. The molecular formula is C16H25NO. The van der Waals surface area contributed by atoms with Gasteiger partial charge in [-0.1, -0.05) is 43.7 Å². The molecule has 0 bridgehead atoms. The van der Waals surface area contributed by atoms with Crippen LogP contribution < -0.4 is 0 Å². The van der Waals surface area contributed by atoms with Crippen molar-refractivity contribution in [3.8, 4) is 0 Å². The van der Waals surface area contributed by atoms with Crippen LogP contribution in [0.2, 0.25) is 0 Å². The van der Waals surface area contributed by atoms with Gasteiger partial charge in [0.15, 0.2) is 0 Å². The molecule has 0 aliphatic carbocycles. The third-order valence-corrected chi connectivity index (χ3v) is 3.96. The van der Waals surface area contributed by atoms with Gasteiger partial charge in [0.1, 0.15) is 0 Å². The summed E-state index contributed by atoms with van der Waals surface area (Å²) in [5.74, 6) is 0.423. The van der Waals surface area contributed by atoms with E-state index in [9.17, 15) is 5.11 Å². The molecule has 1 fully saturated rings. The number of rotatable bonds is 5. The zero-order chi connectivity index (χ0) is 12.8. The lowest BCUT2D eigenvalue weighted by Gasteiger charge is -2.37. The molecule has 2 heteroatoms. The second-order valence-corrected chi connectivity index (χ2v) is 5.63. The summed E-state index contributed by atoms with van der Waals surface area (Å²) >= 11 is 0. The first kappa shape index (κ1) is 13.6. The molecule has 1 saturated heterocycles. The fraction of sp³-hybridized carbons (Fsp3) is 0.625. The standard InChI is InChI=1S/C16H25NO/c1-14(13-18)11-16-9-5-6-10-17(16)12-15-7-3-2-4-8-15/h2-4,7-8,14,16,18H,5-6,9-13H2,1H3.